The van der Waals surface area contributed by atoms with E-state index in [4.69, 9.17) is 0 Å². The van der Waals surface area contributed by atoms with Crippen LogP contribution < -0.4 is 5.32 Å². The fourth-order valence-corrected chi connectivity index (χ4v) is 2.18. The Morgan fingerprint density at radius 3 is 2.80 bits per heavy atom. The van der Waals surface area contributed by atoms with Crippen LogP contribution in [0.2, 0.25) is 0 Å². The van der Waals surface area contributed by atoms with Crippen molar-refractivity contribution in [1.82, 2.24) is 15.1 Å². The second-order valence-electron chi connectivity index (χ2n) is 3.58. The topological polar surface area (TPSA) is 46.9 Å². The summed E-state index contributed by atoms with van der Waals surface area (Å²) in [4.78, 5) is 11.9. The number of carbonyl (C=O) groups excluding carboxylic acids is 1. The number of hydrogen-bond donors (Lipinski definition) is 1. The lowest BCUT2D eigenvalue weighted by Crippen LogP contribution is -2.34. The molecule has 0 saturated carbocycles. The minimum Gasteiger partial charge on any atom is -0.347 e. The van der Waals surface area contributed by atoms with Crippen molar-refractivity contribution in [2.75, 3.05) is 0 Å². The van der Waals surface area contributed by atoms with Crippen LogP contribution in [-0.2, 0) is 7.05 Å². The van der Waals surface area contributed by atoms with Gasteiger partial charge in [-0.05, 0) is 28.8 Å². The Bertz CT molecular complexity index is 383. The molecule has 0 spiro atoms. The van der Waals surface area contributed by atoms with Crippen molar-refractivity contribution >= 4 is 21.8 Å². The van der Waals surface area contributed by atoms with Crippen LogP contribution in [-0.4, -0.2) is 21.7 Å². The molecule has 0 unspecified atom stereocenters. The normalized spacial score (nSPS) is 15.9. The van der Waals surface area contributed by atoms with Crippen LogP contribution in [0.5, 0.6) is 0 Å². The maximum Gasteiger partial charge on any atom is 0.270 e. The van der Waals surface area contributed by atoms with Gasteiger partial charge in [-0.2, -0.15) is 5.10 Å². The number of aryl methyl sites for hydroxylation is 1. The van der Waals surface area contributed by atoms with E-state index in [0.29, 0.717) is 5.69 Å². The summed E-state index contributed by atoms with van der Waals surface area (Å²) in [5, 5.41) is 6.98. The molecule has 1 aromatic heterocycles. The molecule has 0 bridgehead atoms. The van der Waals surface area contributed by atoms with Crippen molar-refractivity contribution < 1.29 is 4.79 Å². The smallest absolute Gasteiger partial charge is 0.270 e. The third-order valence-electron chi connectivity index (χ3n) is 2.45. The zero-order valence-corrected chi connectivity index (χ0v) is 9.99. The summed E-state index contributed by atoms with van der Waals surface area (Å²) in [7, 11) is 1.76. The van der Waals surface area contributed by atoms with Crippen LogP contribution in [0.15, 0.2) is 22.8 Å². The minimum absolute atomic E-state index is 0.0735. The van der Waals surface area contributed by atoms with Crippen LogP contribution in [0.4, 0.5) is 0 Å². The number of carbonyl (C=O) groups is 1. The lowest BCUT2D eigenvalue weighted by Gasteiger charge is -2.12. The first-order valence-corrected chi connectivity index (χ1v) is 5.61. The Kier molecular flexibility index (Phi) is 2.90. The first-order valence-electron chi connectivity index (χ1n) is 4.82. The molecule has 5 heteroatoms. The van der Waals surface area contributed by atoms with Crippen molar-refractivity contribution in [2.45, 2.75) is 18.9 Å². The largest absolute Gasteiger partial charge is 0.347 e. The maximum atomic E-state index is 11.9. The summed E-state index contributed by atoms with van der Waals surface area (Å²) in [6.45, 7) is 0. The van der Waals surface area contributed by atoms with E-state index in [1.807, 2.05) is 0 Å². The lowest BCUT2D eigenvalue weighted by atomic mass is 10.2. The summed E-state index contributed by atoms with van der Waals surface area (Å²) in [6.07, 6.45) is 7.64. The Labute approximate surface area is 96.5 Å². The molecule has 0 aliphatic heterocycles. The molecule has 1 N–H and O–H groups in total. The van der Waals surface area contributed by atoms with E-state index in [1.165, 1.54) is 0 Å². The SMILES string of the molecule is Cn1ncc(Br)c1C(=O)NC1CC=CC1. The molecule has 0 radical (unpaired) electrons. The zero-order valence-electron chi connectivity index (χ0n) is 8.40. The molecule has 1 amide bonds. The van der Waals surface area contributed by atoms with Crippen LogP contribution in [0.25, 0.3) is 0 Å². The summed E-state index contributed by atoms with van der Waals surface area (Å²) in [6, 6.07) is 0.235. The molecule has 0 saturated heterocycles. The van der Waals surface area contributed by atoms with E-state index in [2.05, 4.69) is 38.5 Å². The van der Waals surface area contributed by atoms with E-state index in [-0.39, 0.29) is 11.9 Å². The predicted octanol–water partition coefficient (Wildman–Crippen LogP) is 1.63. The fraction of sp³-hybridized carbons (Fsp3) is 0.400. The first kappa shape index (κ1) is 10.4. The van der Waals surface area contributed by atoms with Gasteiger partial charge < -0.3 is 5.32 Å². The van der Waals surface area contributed by atoms with Gasteiger partial charge in [0.05, 0.1) is 10.7 Å². The highest BCUT2D eigenvalue weighted by Crippen LogP contribution is 2.16. The molecule has 1 aromatic rings. The van der Waals surface area contributed by atoms with Gasteiger partial charge in [0.1, 0.15) is 5.69 Å². The molecule has 0 atom stereocenters. The molecule has 1 aliphatic rings. The van der Waals surface area contributed by atoms with Gasteiger partial charge in [0.2, 0.25) is 0 Å². The minimum atomic E-state index is -0.0735. The molecule has 15 heavy (non-hydrogen) atoms. The average molecular weight is 270 g/mol. The van der Waals surface area contributed by atoms with Gasteiger partial charge in [-0.15, -0.1) is 0 Å². The van der Waals surface area contributed by atoms with Crippen molar-refractivity contribution in [3.63, 3.8) is 0 Å². The molecule has 0 fully saturated rings. The first-order chi connectivity index (χ1) is 7.18. The molecule has 80 valence electrons. The van der Waals surface area contributed by atoms with Crippen molar-refractivity contribution in [3.8, 4) is 0 Å². The molecule has 1 heterocycles. The van der Waals surface area contributed by atoms with Gasteiger partial charge >= 0.3 is 0 Å². The van der Waals surface area contributed by atoms with E-state index >= 15 is 0 Å². The monoisotopic (exact) mass is 269 g/mol. The molecule has 0 aromatic carbocycles. The second kappa shape index (κ2) is 4.18. The Morgan fingerprint density at radius 2 is 2.27 bits per heavy atom. The van der Waals surface area contributed by atoms with E-state index in [0.717, 1.165) is 17.3 Å². The van der Waals surface area contributed by atoms with Gasteiger partial charge in [0.25, 0.3) is 5.91 Å². The number of amides is 1. The number of nitrogens with zero attached hydrogens (tertiary/aromatic N) is 2. The number of aromatic nitrogens is 2. The molecule has 1 aliphatic carbocycles. The number of nitrogens with one attached hydrogen (secondary N) is 1. The van der Waals surface area contributed by atoms with Crippen molar-refractivity contribution in [3.05, 3.63) is 28.5 Å². The van der Waals surface area contributed by atoms with Crippen LogP contribution in [0.3, 0.4) is 0 Å². The maximum absolute atomic E-state index is 11.9. The number of halogens is 1. The third-order valence-corrected chi connectivity index (χ3v) is 3.03. The Hall–Kier alpha value is -1.10. The van der Waals surface area contributed by atoms with Gasteiger partial charge in [0.15, 0.2) is 0 Å². The molecular formula is C10H12BrN3O. The van der Waals surface area contributed by atoms with Gasteiger partial charge in [-0.25, -0.2) is 0 Å². The van der Waals surface area contributed by atoms with Crippen molar-refractivity contribution in [2.24, 2.45) is 7.05 Å². The van der Waals surface area contributed by atoms with Gasteiger partial charge in [-0.1, -0.05) is 12.2 Å². The molecule has 4 nitrogen and oxygen atoms in total. The zero-order chi connectivity index (χ0) is 10.8. The van der Waals surface area contributed by atoms with E-state index in [9.17, 15) is 4.79 Å². The number of rotatable bonds is 2. The van der Waals surface area contributed by atoms with Crippen LogP contribution >= 0.6 is 15.9 Å². The van der Waals surface area contributed by atoms with E-state index < -0.39 is 0 Å². The van der Waals surface area contributed by atoms with Gasteiger partial charge in [0, 0.05) is 13.1 Å². The summed E-state index contributed by atoms with van der Waals surface area (Å²) in [5.74, 6) is -0.0735. The quantitative estimate of drug-likeness (QED) is 0.830. The Balaban J connectivity index is 2.07. The Morgan fingerprint density at radius 1 is 1.60 bits per heavy atom. The summed E-state index contributed by atoms with van der Waals surface area (Å²) >= 11 is 3.31. The summed E-state index contributed by atoms with van der Waals surface area (Å²) in [5.41, 5.74) is 0.571. The number of hydrogen-bond acceptors (Lipinski definition) is 2. The standard InChI is InChI=1S/C10H12BrN3O/c1-14-9(8(11)6-12-14)10(15)13-7-4-2-3-5-7/h2-3,6-7H,4-5H2,1H3,(H,13,15). The highest BCUT2D eigenvalue weighted by Gasteiger charge is 2.19. The molecule has 2 rings (SSSR count). The lowest BCUT2D eigenvalue weighted by molar-refractivity contribution is 0.0928. The second-order valence-corrected chi connectivity index (χ2v) is 4.43. The third kappa shape index (κ3) is 2.12. The average Bonchev–Trinajstić information content (AvgIpc) is 2.77. The van der Waals surface area contributed by atoms with Crippen LogP contribution in [0.1, 0.15) is 23.3 Å². The van der Waals surface area contributed by atoms with Gasteiger partial charge in [-0.3, -0.25) is 9.48 Å². The van der Waals surface area contributed by atoms with E-state index in [1.54, 1.807) is 17.9 Å². The van der Waals surface area contributed by atoms with Crippen LogP contribution in [0, 0.1) is 0 Å². The highest BCUT2D eigenvalue weighted by molar-refractivity contribution is 9.10. The molecular weight excluding hydrogens is 258 g/mol. The summed E-state index contributed by atoms with van der Waals surface area (Å²) < 4.78 is 2.30. The highest BCUT2D eigenvalue weighted by atomic mass is 79.9. The van der Waals surface area contributed by atoms with Crippen molar-refractivity contribution in [1.29, 1.82) is 0 Å². The fourth-order valence-electron chi connectivity index (χ4n) is 1.65. The predicted molar refractivity (Wildman–Crippen MR) is 60.5 cm³/mol.